The molecule has 6 heteroatoms. The van der Waals surface area contributed by atoms with Gasteiger partial charge < -0.3 is 10.2 Å². The van der Waals surface area contributed by atoms with Gasteiger partial charge in [0.2, 0.25) is 11.8 Å². The number of hydrogen-bond donors (Lipinski definition) is 1. The Morgan fingerprint density at radius 1 is 1.33 bits per heavy atom. The van der Waals surface area contributed by atoms with Crippen LogP contribution in [0, 0.1) is 23.2 Å². The summed E-state index contributed by atoms with van der Waals surface area (Å²) in [6.45, 7) is 9.81. The molecule has 1 N–H and O–H groups in total. The standard InChI is InChI=1S/C24H37N3O2S/c1-18(2)12-14-26-23(29)20-9-7-15-27(20)22(28)11-5-6-13-24(17-25,19(3)4)21-10-8-16-30-21/h8,10,16,18-20H,5-7,9,11-15H2,1-4H3,(H,26,29)/t20-,24?/m1/s1. The van der Waals surface area contributed by atoms with Crippen molar-refractivity contribution < 1.29 is 9.59 Å². The topological polar surface area (TPSA) is 73.2 Å². The number of amides is 2. The highest BCUT2D eigenvalue weighted by molar-refractivity contribution is 7.10. The van der Waals surface area contributed by atoms with Gasteiger partial charge in [-0.25, -0.2) is 0 Å². The summed E-state index contributed by atoms with van der Waals surface area (Å²) in [5, 5.41) is 15.0. The second-order valence-electron chi connectivity index (χ2n) is 9.14. The molecule has 1 saturated heterocycles. The van der Waals surface area contributed by atoms with Crippen LogP contribution in [0.3, 0.4) is 0 Å². The molecule has 0 bridgehead atoms. The highest BCUT2D eigenvalue weighted by Crippen LogP contribution is 2.39. The second-order valence-corrected chi connectivity index (χ2v) is 10.1. The lowest BCUT2D eigenvalue weighted by Crippen LogP contribution is -2.46. The third-order valence-electron chi connectivity index (χ3n) is 6.25. The molecule has 5 nitrogen and oxygen atoms in total. The van der Waals surface area contributed by atoms with Gasteiger partial charge in [0.15, 0.2) is 0 Å². The van der Waals surface area contributed by atoms with Crippen LogP contribution in [0.4, 0.5) is 0 Å². The van der Waals surface area contributed by atoms with E-state index in [4.69, 9.17) is 0 Å². The zero-order chi connectivity index (χ0) is 22.1. The first-order valence-electron chi connectivity index (χ1n) is 11.3. The van der Waals surface area contributed by atoms with Gasteiger partial charge in [-0.15, -0.1) is 11.3 Å². The molecule has 2 heterocycles. The molecule has 1 unspecified atom stereocenters. The molecule has 0 spiro atoms. The lowest BCUT2D eigenvalue weighted by molar-refractivity contribution is -0.138. The van der Waals surface area contributed by atoms with Crippen LogP contribution in [0.1, 0.15) is 77.5 Å². The molecule has 1 aliphatic heterocycles. The molecule has 1 aromatic heterocycles. The van der Waals surface area contributed by atoms with E-state index in [0.29, 0.717) is 25.4 Å². The van der Waals surface area contributed by atoms with E-state index >= 15 is 0 Å². The van der Waals surface area contributed by atoms with Crippen molar-refractivity contribution in [2.45, 2.75) is 84.1 Å². The predicted molar refractivity (Wildman–Crippen MR) is 122 cm³/mol. The first-order chi connectivity index (χ1) is 14.3. The zero-order valence-corrected chi connectivity index (χ0v) is 19.8. The van der Waals surface area contributed by atoms with E-state index in [-0.39, 0.29) is 23.8 Å². The van der Waals surface area contributed by atoms with Crippen LogP contribution in [0.15, 0.2) is 17.5 Å². The van der Waals surface area contributed by atoms with Gasteiger partial charge >= 0.3 is 0 Å². The number of hydrogen-bond acceptors (Lipinski definition) is 4. The number of rotatable bonds is 11. The van der Waals surface area contributed by atoms with Crippen molar-refractivity contribution in [1.82, 2.24) is 10.2 Å². The number of nitrogens with zero attached hydrogens (tertiary/aromatic N) is 2. The summed E-state index contributed by atoms with van der Waals surface area (Å²) in [7, 11) is 0. The number of unbranched alkanes of at least 4 members (excludes halogenated alkanes) is 1. The molecule has 0 saturated carbocycles. The van der Waals surface area contributed by atoms with Crippen LogP contribution >= 0.6 is 11.3 Å². The van der Waals surface area contributed by atoms with Crippen LogP contribution in [0.5, 0.6) is 0 Å². The first-order valence-corrected chi connectivity index (χ1v) is 12.2. The van der Waals surface area contributed by atoms with Crippen LogP contribution < -0.4 is 5.32 Å². The molecule has 0 aliphatic carbocycles. The zero-order valence-electron chi connectivity index (χ0n) is 18.9. The molecule has 1 aliphatic rings. The molecule has 166 valence electrons. The Morgan fingerprint density at radius 2 is 2.10 bits per heavy atom. The number of carbonyl (C=O) groups excluding carboxylic acids is 2. The highest BCUT2D eigenvalue weighted by atomic mass is 32.1. The molecule has 30 heavy (non-hydrogen) atoms. The maximum atomic E-state index is 12.8. The Morgan fingerprint density at radius 3 is 2.70 bits per heavy atom. The Hall–Kier alpha value is -1.87. The molecule has 2 rings (SSSR count). The summed E-state index contributed by atoms with van der Waals surface area (Å²) in [4.78, 5) is 28.2. The summed E-state index contributed by atoms with van der Waals surface area (Å²) in [6.07, 6.45) is 5.37. The third kappa shape index (κ3) is 6.07. The molecular weight excluding hydrogens is 394 g/mol. The fourth-order valence-electron chi connectivity index (χ4n) is 4.23. The van der Waals surface area contributed by atoms with Gasteiger partial charge in [0.25, 0.3) is 0 Å². The molecule has 2 atom stereocenters. The van der Waals surface area contributed by atoms with Crippen molar-refractivity contribution in [2.75, 3.05) is 13.1 Å². The van der Waals surface area contributed by atoms with E-state index in [1.54, 1.807) is 16.2 Å². The number of thiophene rings is 1. The van der Waals surface area contributed by atoms with Crippen molar-refractivity contribution in [3.63, 3.8) is 0 Å². The number of nitrogens with one attached hydrogen (secondary N) is 1. The van der Waals surface area contributed by atoms with Crippen molar-refractivity contribution in [3.8, 4) is 6.07 Å². The van der Waals surface area contributed by atoms with Gasteiger partial charge in [-0.05, 0) is 55.4 Å². The van der Waals surface area contributed by atoms with Crippen molar-refractivity contribution in [2.24, 2.45) is 11.8 Å². The van der Waals surface area contributed by atoms with E-state index in [1.807, 2.05) is 17.5 Å². The number of likely N-dealkylation sites (tertiary alicyclic amines) is 1. The molecular formula is C24H37N3O2S. The third-order valence-corrected chi connectivity index (χ3v) is 7.30. The maximum Gasteiger partial charge on any atom is 0.242 e. The van der Waals surface area contributed by atoms with Crippen molar-refractivity contribution in [1.29, 1.82) is 5.26 Å². The Balaban J connectivity index is 1.84. The minimum absolute atomic E-state index is 0.0116. The summed E-state index contributed by atoms with van der Waals surface area (Å²) < 4.78 is 0. The van der Waals surface area contributed by atoms with Crippen LogP contribution in [0.2, 0.25) is 0 Å². The quantitative estimate of drug-likeness (QED) is 0.508. The average molecular weight is 432 g/mol. The number of nitriles is 1. The highest BCUT2D eigenvalue weighted by Gasteiger charge is 2.37. The summed E-state index contributed by atoms with van der Waals surface area (Å²) >= 11 is 1.64. The minimum atomic E-state index is -0.482. The van der Waals surface area contributed by atoms with Gasteiger partial charge in [0, 0.05) is 24.4 Å². The van der Waals surface area contributed by atoms with Crippen LogP contribution in [0.25, 0.3) is 0 Å². The SMILES string of the molecule is CC(C)CCNC(=O)[C@H]1CCCN1C(=O)CCCCC(C#N)(c1cccs1)C(C)C. The number of carbonyl (C=O) groups is 2. The second kappa shape index (κ2) is 11.5. The van der Waals surface area contributed by atoms with Crippen molar-refractivity contribution in [3.05, 3.63) is 22.4 Å². The van der Waals surface area contributed by atoms with Crippen molar-refractivity contribution >= 4 is 23.2 Å². The molecule has 1 fully saturated rings. The fourth-order valence-corrected chi connectivity index (χ4v) is 5.29. The van der Waals surface area contributed by atoms with Crippen LogP contribution in [-0.4, -0.2) is 35.8 Å². The smallest absolute Gasteiger partial charge is 0.242 e. The normalized spacial score (nSPS) is 18.4. The monoisotopic (exact) mass is 431 g/mol. The Kier molecular flexibility index (Phi) is 9.36. The molecule has 0 aromatic carbocycles. The van der Waals surface area contributed by atoms with Gasteiger partial charge in [0.1, 0.15) is 6.04 Å². The largest absolute Gasteiger partial charge is 0.354 e. The van der Waals surface area contributed by atoms with E-state index in [1.165, 1.54) is 0 Å². The molecule has 1 aromatic rings. The lowest BCUT2D eigenvalue weighted by atomic mass is 9.73. The summed E-state index contributed by atoms with van der Waals surface area (Å²) in [5.41, 5.74) is -0.482. The minimum Gasteiger partial charge on any atom is -0.354 e. The molecule has 0 radical (unpaired) electrons. The Labute approximate surface area is 185 Å². The van der Waals surface area contributed by atoms with E-state index in [0.717, 1.165) is 43.4 Å². The van der Waals surface area contributed by atoms with Gasteiger partial charge in [-0.2, -0.15) is 5.26 Å². The van der Waals surface area contributed by atoms with Gasteiger partial charge in [0.05, 0.1) is 11.5 Å². The Bertz CT molecular complexity index is 723. The average Bonchev–Trinajstić information content (AvgIpc) is 3.39. The van der Waals surface area contributed by atoms with Crippen LogP contribution in [-0.2, 0) is 15.0 Å². The first kappa shape index (κ1) is 24.4. The predicted octanol–water partition coefficient (Wildman–Crippen LogP) is 4.88. The van der Waals surface area contributed by atoms with E-state index < -0.39 is 5.41 Å². The van der Waals surface area contributed by atoms with E-state index in [9.17, 15) is 14.9 Å². The lowest BCUT2D eigenvalue weighted by Gasteiger charge is -2.30. The van der Waals surface area contributed by atoms with E-state index in [2.05, 4.69) is 39.1 Å². The summed E-state index contributed by atoms with van der Waals surface area (Å²) in [5.74, 6) is 0.823. The summed E-state index contributed by atoms with van der Waals surface area (Å²) in [6, 6.07) is 6.30. The van der Waals surface area contributed by atoms with Gasteiger partial charge in [-0.3, -0.25) is 9.59 Å². The molecule has 2 amide bonds. The fraction of sp³-hybridized carbons (Fsp3) is 0.708. The van der Waals surface area contributed by atoms with Gasteiger partial charge in [-0.1, -0.05) is 40.2 Å². The maximum absolute atomic E-state index is 12.8.